The van der Waals surface area contributed by atoms with Crippen LogP contribution < -0.4 is 10.2 Å². The smallest absolute Gasteiger partial charge is 0.233 e. The van der Waals surface area contributed by atoms with Crippen molar-refractivity contribution in [3.8, 4) is 11.4 Å². The molecule has 8 nitrogen and oxygen atoms in total. The molecule has 36 heavy (non-hydrogen) atoms. The van der Waals surface area contributed by atoms with Crippen molar-refractivity contribution in [2.75, 3.05) is 43.4 Å². The van der Waals surface area contributed by atoms with Gasteiger partial charge in [-0.25, -0.2) is 4.98 Å². The van der Waals surface area contributed by atoms with Crippen LogP contribution in [0.25, 0.3) is 11.4 Å². The Morgan fingerprint density at radius 1 is 0.917 bits per heavy atom. The Labute approximate surface area is 211 Å². The predicted octanol–water partition coefficient (Wildman–Crippen LogP) is 4.16. The van der Waals surface area contributed by atoms with Crippen molar-refractivity contribution in [1.82, 2.24) is 24.8 Å². The van der Waals surface area contributed by atoms with Crippen molar-refractivity contribution in [3.63, 3.8) is 0 Å². The molecule has 3 heterocycles. The van der Waals surface area contributed by atoms with Crippen molar-refractivity contribution < 1.29 is 4.79 Å². The van der Waals surface area contributed by atoms with Gasteiger partial charge in [-0.15, -0.1) is 0 Å². The average Bonchev–Trinajstić information content (AvgIpc) is 2.90. The maximum atomic E-state index is 12.9. The van der Waals surface area contributed by atoms with Crippen molar-refractivity contribution in [3.05, 3.63) is 89.6 Å². The predicted molar refractivity (Wildman–Crippen MR) is 142 cm³/mol. The SMILES string of the molecule is Cc1ccccc1-c1nc(Nc2cc(C(=O)Cc3ccccc3)ccn2)nc(N2CCN(C)CC2)n1. The molecule has 0 unspecified atom stereocenters. The Morgan fingerprint density at radius 2 is 1.67 bits per heavy atom. The molecule has 0 atom stereocenters. The number of hydrogen-bond acceptors (Lipinski definition) is 8. The van der Waals surface area contributed by atoms with E-state index in [1.807, 2.05) is 61.5 Å². The van der Waals surface area contributed by atoms with E-state index in [9.17, 15) is 4.79 Å². The Hall–Kier alpha value is -4.17. The minimum Gasteiger partial charge on any atom is -0.338 e. The molecular weight excluding hydrogens is 450 g/mol. The Morgan fingerprint density at radius 3 is 2.44 bits per heavy atom. The van der Waals surface area contributed by atoms with Gasteiger partial charge in [-0.3, -0.25) is 4.79 Å². The van der Waals surface area contributed by atoms with E-state index in [0.717, 1.165) is 42.9 Å². The highest BCUT2D eigenvalue weighted by atomic mass is 16.1. The summed E-state index contributed by atoms with van der Waals surface area (Å²) in [4.78, 5) is 36.0. The van der Waals surface area contributed by atoms with Gasteiger partial charge in [0.2, 0.25) is 11.9 Å². The molecule has 1 fully saturated rings. The summed E-state index contributed by atoms with van der Waals surface area (Å²) in [5.41, 5.74) is 3.61. The van der Waals surface area contributed by atoms with E-state index in [1.54, 1.807) is 18.3 Å². The molecule has 0 saturated carbocycles. The van der Waals surface area contributed by atoms with Crippen LogP contribution in [0.1, 0.15) is 21.5 Å². The van der Waals surface area contributed by atoms with Crippen LogP contribution in [0.2, 0.25) is 0 Å². The van der Waals surface area contributed by atoms with E-state index < -0.39 is 0 Å². The molecule has 182 valence electrons. The van der Waals surface area contributed by atoms with Crippen molar-refractivity contribution >= 4 is 23.5 Å². The first-order valence-corrected chi connectivity index (χ1v) is 12.1. The monoisotopic (exact) mass is 479 g/mol. The van der Waals surface area contributed by atoms with Crippen LogP contribution in [-0.2, 0) is 6.42 Å². The van der Waals surface area contributed by atoms with Crippen LogP contribution in [0.15, 0.2) is 72.9 Å². The van der Waals surface area contributed by atoms with Gasteiger partial charge in [-0.1, -0.05) is 54.6 Å². The maximum Gasteiger partial charge on any atom is 0.233 e. The standard InChI is InChI=1S/C28H29N7O/c1-20-8-6-7-11-23(20)26-31-27(33-28(32-26)35-16-14-34(2)15-17-35)30-25-19-22(12-13-29-25)24(36)18-21-9-4-3-5-10-21/h3-13,19H,14-18H2,1-2H3,(H,29,30,31,32,33). The van der Waals surface area contributed by atoms with Crippen molar-refractivity contribution in [2.24, 2.45) is 0 Å². The van der Waals surface area contributed by atoms with Crippen LogP contribution in [0.4, 0.5) is 17.7 Å². The topological polar surface area (TPSA) is 87.1 Å². The molecule has 4 aromatic rings. The number of aryl methyl sites for hydroxylation is 1. The van der Waals surface area contributed by atoms with Gasteiger partial charge in [-0.2, -0.15) is 15.0 Å². The number of Topliss-reactive ketones (excluding diaryl/α,β-unsaturated/α-hetero) is 1. The van der Waals surface area contributed by atoms with Crippen molar-refractivity contribution in [2.45, 2.75) is 13.3 Å². The lowest BCUT2D eigenvalue weighted by Gasteiger charge is -2.32. The lowest BCUT2D eigenvalue weighted by atomic mass is 10.0. The number of anilines is 3. The first-order valence-electron chi connectivity index (χ1n) is 12.1. The Balaban J connectivity index is 1.44. The number of ketones is 1. The van der Waals surface area contributed by atoms with Crippen molar-refractivity contribution in [1.29, 1.82) is 0 Å². The van der Waals surface area contributed by atoms with Gasteiger partial charge in [0.25, 0.3) is 0 Å². The highest BCUT2D eigenvalue weighted by molar-refractivity contribution is 5.98. The summed E-state index contributed by atoms with van der Waals surface area (Å²) in [7, 11) is 2.12. The second-order valence-electron chi connectivity index (χ2n) is 9.03. The Bertz CT molecular complexity index is 1350. The summed E-state index contributed by atoms with van der Waals surface area (Å²) in [5, 5.41) is 3.22. The number of carbonyl (C=O) groups is 1. The van der Waals surface area contributed by atoms with Crippen LogP contribution in [0.5, 0.6) is 0 Å². The molecule has 0 amide bonds. The fourth-order valence-corrected chi connectivity index (χ4v) is 4.18. The third-order valence-corrected chi connectivity index (χ3v) is 6.32. The summed E-state index contributed by atoms with van der Waals surface area (Å²) in [5.74, 6) is 2.18. The molecule has 1 saturated heterocycles. The number of piperazine rings is 1. The zero-order valence-electron chi connectivity index (χ0n) is 20.6. The fourth-order valence-electron chi connectivity index (χ4n) is 4.18. The second kappa shape index (κ2) is 10.6. The number of carbonyl (C=O) groups excluding carboxylic acids is 1. The number of hydrogen-bond donors (Lipinski definition) is 1. The normalized spacial score (nSPS) is 14.0. The molecule has 1 N–H and O–H groups in total. The molecule has 2 aromatic heterocycles. The molecule has 2 aromatic carbocycles. The third-order valence-electron chi connectivity index (χ3n) is 6.32. The summed E-state index contributed by atoms with van der Waals surface area (Å²) >= 11 is 0. The fraction of sp³-hybridized carbons (Fsp3) is 0.250. The summed E-state index contributed by atoms with van der Waals surface area (Å²) in [6, 6.07) is 21.3. The zero-order valence-corrected chi connectivity index (χ0v) is 20.6. The first-order chi connectivity index (χ1) is 17.5. The van der Waals surface area contributed by atoms with Gasteiger partial charge in [0.15, 0.2) is 11.6 Å². The molecular formula is C28H29N7O. The molecule has 1 aliphatic heterocycles. The second-order valence-corrected chi connectivity index (χ2v) is 9.03. The maximum absolute atomic E-state index is 12.9. The third kappa shape index (κ3) is 5.55. The van der Waals surface area contributed by atoms with Crippen LogP contribution >= 0.6 is 0 Å². The summed E-state index contributed by atoms with van der Waals surface area (Å²) < 4.78 is 0. The number of benzene rings is 2. The summed E-state index contributed by atoms with van der Waals surface area (Å²) in [6.07, 6.45) is 1.96. The average molecular weight is 480 g/mol. The van der Waals surface area contributed by atoms with E-state index >= 15 is 0 Å². The molecule has 0 radical (unpaired) electrons. The number of nitrogens with one attached hydrogen (secondary N) is 1. The first kappa shape index (κ1) is 23.6. The van der Waals surface area contributed by atoms with Gasteiger partial charge >= 0.3 is 0 Å². The van der Waals surface area contributed by atoms with Crippen LogP contribution in [0, 0.1) is 6.92 Å². The summed E-state index contributed by atoms with van der Waals surface area (Å²) in [6.45, 7) is 5.62. The van der Waals surface area contributed by atoms with Gasteiger partial charge < -0.3 is 15.1 Å². The molecule has 1 aliphatic rings. The highest BCUT2D eigenvalue weighted by Crippen LogP contribution is 2.24. The number of likely N-dealkylation sites (N-methyl/N-ethyl adjacent to an activating group) is 1. The van der Waals surface area contributed by atoms with Crippen LogP contribution in [0.3, 0.4) is 0 Å². The minimum absolute atomic E-state index is 0.0287. The van der Waals surface area contributed by atoms with Crippen LogP contribution in [-0.4, -0.2) is 63.8 Å². The quantitative estimate of drug-likeness (QED) is 0.396. The van der Waals surface area contributed by atoms with E-state index in [1.165, 1.54) is 0 Å². The Kier molecular flexibility index (Phi) is 6.95. The minimum atomic E-state index is 0.0287. The number of aromatic nitrogens is 4. The number of pyridine rings is 1. The van der Waals surface area contributed by atoms with Gasteiger partial charge in [0, 0.05) is 49.9 Å². The molecule has 0 spiro atoms. The van der Waals surface area contributed by atoms with E-state index in [-0.39, 0.29) is 5.78 Å². The molecule has 8 heteroatoms. The lowest BCUT2D eigenvalue weighted by molar-refractivity contribution is 0.0993. The highest BCUT2D eigenvalue weighted by Gasteiger charge is 2.20. The van der Waals surface area contributed by atoms with Gasteiger partial charge in [-0.05, 0) is 37.2 Å². The molecule has 0 aliphatic carbocycles. The van der Waals surface area contributed by atoms with Gasteiger partial charge in [0.1, 0.15) is 5.82 Å². The zero-order chi connectivity index (χ0) is 24.9. The largest absolute Gasteiger partial charge is 0.338 e. The van der Waals surface area contributed by atoms with E-state index in [4.69, 9.17) is 15.0 Å². The van der Waals surface area contributed by atoms with Gasteiger partial charge in [0.05, 0.1) is 0 Å². The lowest BCUT2D eigenvalue weighted by Crippen LogP contribution is -2.45. The number of rotatable bonds is 7. The van der Waals surface area contributed by atoms with E-state index in [2.05, 4.69) is 27.1 Å². The number of nitrogens with zero attached hydrogens (tertiary/aromatic N) is 6. The van der Waals surface area contributed by atoms with E-state index in [0.29, 0.717) is 35.5 Å². The molecule has 5 rings (SSSR count). The molecule has 0 bridgehead atoms.